The molecular formula is C18H29NO. The average molecular weight is 275 g/mol. The van der Waals surface area contributed by atoms with Crippen molar-refractivity contribution in [2.75, 3.05) is 6.61 Å². The van der Waals surface area contributed by atoms with Crippen LogP contribution in [0.2, 0.25) is 0 Å². The first kappa shape index (κ1) is 15.4. The Morgan fingerprint density at radius 1 is 1.20 bits per heavy atom. The molecule has 2 unspecified atom stereocenters. The fourth-order valence-electron chi connectivity index (χ4n) is 3.96. The zero-order valence-electron chi connectivity index (χ0n) is 13.4. The van der Waals surface area contributed by atoms with Gasteiger partial charge >= 0.3 is 0 Å². The molecule has 0 bridgehead atoms. The van der Waals surface area contributed by atoms with E-state index in [0.29, 0.717) is 11.3 Å². The number of ether oxygens (including phenoxy) is 1. The first-order valence-electron chi connectivity index (χ1n) is 7.87. The van der Waals surface area contributed by atoms with Gasteiger partial charge in [-0.05, 0) is 54.7 Å². The molecule has 1 aliphatic rings. The Balaban J connectivity index is 2.16. The molecular weight excluding hydrogens is 246 g/mol. The summed E-state index contributed by atoms with van der Waals surface area (Å²) in [5, 5.41) is 0. The summed E-state index contributed by atoms with van der Waals surface area (Å²) in [6, 6.07) is 8.43. The lowest BCUT2D eigenvalue weighted by atomic mass is 9.62. The number of hydrogen-bond acceptors (Lipinski definition) is 2. The molecule has 0 spiro atoms. The molecule has 1 aliphatic carbocycles. The molecule has 0 radical (unpaired) electrons. The van der Waals surface area contributed by atoms with Crippen molar-refractivity contribution in [1.29, 1.82) is 0 Å². The third kappa shape index (κ3) is 3.54. The third-order valence-corrected chi connectivity index (χ3v) is 4.31. The van der Waals surface area contributed by atoms with Crippen molar-refractivity contribution in [2.24, 2.45) is 17.1 Å². The predicted molar refractivity (Wildman–Crippen MR) is 84.9 cm³/mol. The quantitative estimate of drug-likeness (QED) is 0.879. The van der Waals surface area contributed by atoms with E-state index >= 15 is 0 Å². The summed E-state index contributed by atoms with van der Waals surface area (Å²) >= 11 is 0. The average Bonchev–Trinajstić information content (AvgIpc) is 2.34. The molecule has 0 amide bonds. The van der Waals surface area contributed by atoms with Crippen LogP contribution in [0.4, 0.5) is 0 Å². The zero-order chi connectivity index (χ0) is 14.8. The van der Waals surface area contributed by atoms with Crippen LogP contribution in [-0.2, 0) is 5.54 Å². The van der Waals surface area contributed by atoms with Crippen molar-refractivity contribution in [3.8, 4) is 5.75 Å². The van der Waals surface area contributed by atoms with E-state index in [1.54, 1.807) is 0 Å². The summed E-state index contributed by atoms with van der Waals surface area (Å²) < 4.78 is 5.65. The second-order valence-electron chi connectivity index (χ2n) is 7.38. The Morgan fingerprint density at radius 3 is 2.40 bits per heavy atom. The normalized spacial score (nSPS) is 29.1. The number of hydrogen-bond donors (Lipinski definition) is 1. The Morgan fingerprint density at radius 2 is 1.85 bits per heavy atom. The van der Waals surface area contributed by atoms with Crippen molar-refractivity contribution in [3.63, 3.8) is 0 Å². The van der Waals surface area contributed by atoms with Gasteiger partial charge in [-0.2, -0.15) is 0 Å². The first-order valence-corrected chi connectivity index (χ1v) is 7.87. The maximum atomic E-state index is 6.76. The van der Waals surface area contributed by atoms with Gasteiger partial charge in [-0.25, -0.2) is 0 Å². The van der Waals surface area contributed by atoms with E-state index in [2.05, 4.69) is 52.0 Å². The second-order valence-corrected chi connectivity index (χ2v) is 7.38. The highest BCUT2D eigenvalue weighted by atomic mass is 16.5. The van der Waals surface area contributed by atoms with Crippen molar-refractivity contribution < 1.29 is 4.74 Å². The van der Waals surface area contributed by atoms with E-state index in [-0.39, 0.29) is 5.54 Å². The Bertz CT molecular complexity index is 437. The van der Waals surface area contributed by atoms with E-state index in [1.165, 1.54) is 12.0 Å². The maximum Gasteiger partial charge on any atom is 0.119 e. The largest absolute Gasteiger partial charge is 0.494 e. The highest BCUT2D eigenvalue weighted by Crippen LogP contribution is 2.47. The van der Waals surface area contributed by atoms with E-state index in [1.807, 2.05) is 0 Å². The molecule has 0 aromatic heterocycles. The number of rotatable bonds is 4. The first-order chi connectivity index (χ1) is 9.35. The van der Waals surface area contributed by atoms with Crippen LogP contribution < -0.4 is 10.5 Å². The van der Waals surface area contributed by atoms with Gasteiger partial charge in [0.05, 0.1) is 6.61 Å². The Labute approximate surface area is 123 Å². The van der Waals surface area contributed by atoms with Crippen molar-refractivity contribution >= 4 is 0 Å². The van der Waals surface area contributed by atoms with Crippen LogP contribution in [0.3, 0.4) is 0 Å². The van der Waals surface area contributed by atoms with Gasteiger partial charge in [0, 0.05) is 5.54 Å². The fraction of sp³-hybridized carbons (Fsp3) is 0.667. The zero-order valence-corrected chi connectivity index (χ0v) is 13.4. The molecule has 1 aromatic rings. The highest BCUT2D eigenvalue weighted by Gasteiger charge is 2.41. The van der Waals surface area contributed by atoms with Crippen LogP contribution in [0.5, 0.6) is 5.75 Å². The molecule has 2 N–H and O–H groups in total. The summed E-state index contributed by atoms with van der Waals surface area (Å²) in [5.41, 5.74) is 8.14. The SMILES string of the molecule is CCCOc1ccc(C2(N)CC(C)CC(C)(C)C2)cc1. The lowest BCUT2D eigenvalue weighted by molar-refractivity contribution is 0.107. The summed E-state index contributed by atoms with van der Waals surface area (Å²) in [6.45, 7) is 9.89. The van der Waals surface area contributed by atoms with E-state index < -0.39 is 0 Å². The minimum absolute atomic E-state index is 0.190. The second kappa shape index (κ2) is 5.77. The van der Waals surface area contributed by atoms with Gasteiger partial charge in [0.2, 0.25) is 0 Å². The highest BCUT2D eigenvalue weighted by molar-refractivity contribution is 5.32. The Kier molecular flexibility index (Phi) is 4.43. The standard InChI is InChI=1S/C18H29NO/c1-5-10-20-16-8-6-15(7-9-16)18(19)12-14(2)11-17(3,4)13-18/h6-9,14H,5,10-13,19H2,1-4H3. The minimum atomic E-state index is -0.190. The van der Waals surface area contributed by atoms with Gasteiger partial charge < -0.3 is 10.5 Å². The van der Waals surface area contributed by atoms with Gasteiger partial charge in [0.15, 0.2) is 0 Å². The van der Waals surface area contributed by atoms with Gasteiger partial charge in [-0.1, -0.05) is 39.8 Å². The predicted octanol–water partition coefficient (Wildman–Crippen LogP) is 4.48. The smallest absolute Gasteiger partial charge is 0.119 e. The fourth-order valence-corrected chi connectivity index (χ4v) is 3.96. The molecule has 0 aliphatic heterocycles. The van der Waals surface area contributed by atoms with Crippen LogP contribution in [-0.4, -0.2) is 6.61 Å². The number of benzene rings is 1. The Hall–Kier alpha value is -1.02. The molecule has 1 saturated carbocycles. The van der Waals surface area contributed by atoms with Gasteiger partial charge in [-0.15, -0.1) is 0 Å². The summed E-state index contributed by atoms with van der Waals surface area (Å²) in [7, 11) is 0. The molecule has 20 heavy (non-hydrogen) atoms. The van der Waals surface area contributed by atoms with Gasteiger partial charge in [0.1, 0.15) is 5.75 Å². The summed E-state index contributed by atoms with van der Waals surface area (Å²) in [4.78, 5) is 0. The lowest BCUT2D eigenvalue weighted by Gasteiger charge is -2.46. The monoisotopic (exact) mass is 275 g/mol. The van der Waals surface area contributed by atoms with Crippen LogP contribution >= 0.6 is 0 Å². The molecule has 0 saturated heterocycles. The molecule has 2 nitrogen and oxygen atoms in total. The van der Waals surface area contributed by atoms with Crippen LogP contribution in [0.1, 0.15) is 58.9 Å². The van der Waals surface area contributed by atoms with E-state index in [4.69, 9.17) is 10.5 Å². The molecule has 1 aromatic carbocycles. The molecule has 2 heteroatoms. The molecule has 0 heterocycles. The molecule has 2 atom stereocenters. The van der Waals surface area contributed by atoms with Crippen LogP contribution in [0, 0.1) is 11.3 Å². The molecule has 1 fully saturated rings. The number of nitrogens with two attached hydrogens (primary N) is 1. The summed E-state index contributed by atoms with van der Waals surface area (Å²) in [6.07, 6.45) is 4.43. The maximum absolute atomic E-state index is 6.76. The van der Waals surface area contributed by atoms with E-state index in [9.17, 15) is 0 Å². The van der Waals surface area contributed by atoms with Crippen molar-refractivity contribution in [2.45, 2.75) is 58.9 Å². The molecule has 2 rings (SSSR count). The third-order valence-electron chi connectivity index (χ3n) is 4.31. The lowest BCUT2D eigenvalue weighted by Crippen LogP contribution is -2.46. The topological polar surface area (TPSA) is 35.2 Å². The van der Waals surface area contributed by atoms with Gasteiger partial charge in [0.25, 0.3) is 0 Å². The van der Waals surface area contributed by atoms with Crippen molar-refractivity contribution in [1.82, 2.24) is 0 Å². The van der Waals surface area contributed by atoms with E-state index in [0.717, 1.165) is 31.6 Å². The summed E-state index contributed by atoms with van der Waals surface area (Å²) in [5.74, 6) is 1.63. The van der Waals surface area contributed by atoms with Gasteiger partial charge in [-0.3, -0.25) is 0 Å². The minimum Gasteiger partial charge on any atom is -0.494 e. The molecule has 112 valence electrons. The van der Waals surface area contributed by atoms with Crippen LogP contribution in [0.25, 0.3) is 0 Å². The van der Waals surface area contributed by atoms with Crippen molar-refractivity contribution in [3.05, 3.63) is 29.8 Å². The van der Waals surface area contributed by atoms with Crippen LogP contribution in [0.15, 0.2) is 24.3 Å².